The zero-order chi connectivity index (χ0) is 14.7. The number of hydrogen-bond donors (Lipinski definition) is 0. The Bertz CT molecular complexity index is 709. The molecule has 0 aliphatic heterocycles. The summed E-state index contributed by atoms with van der Waals surface area (Å²) in [6.07, 6.45) is 0. The molecule has 0 radical (unpaired) electrons. The number of halogens is 1. The van der Waals surface area contributed by atoms with E-state index in [1.165, 1.54) is 0 Å². The zero-order valence-electron chi connectivity index (χ0n) is 11.4. The first-order valence-electron chi connectivity index (χ1n) is 6.43. The van der Waals surface area contributed by atoms with Crippen molar-refractivity contribution in [2.24, 2.45) is 5.92 Å². The van der Waals surface area contributed by atoms with E-state index in [4.69, 9.17) is 16.9 Å². The Morgan fingerprint density at radius 1 is 1.20 bits per heavy atom. The van der Waals surface area contributed by atoms with Crippen molar-refractivity contribution in [3.63, 3.8) is 0 Å². The molecule has 0 N–H and O–H groups in total. The van der Waals surface area contributed by atoms with Gasteiger partial charge in [0.15, 0.2) is 0 Å². The highest BCUT2D eigenvalue weighted by molar-refractivity contribution is 6.30. The lowest BCUT2D eigenvalue weighted by Gasteiger charge is -2.15. The summed E-state index contributed by atoms with van der Waals surface area (Å²) < 4.78 is 1.66. The molecule has 0 amide bonds. The Kier molecular flexibility index (Phi) is 4.26. The van der Waals surface area contributed by atoms with Crippen LogP contribution in [0.1, 0.15) is 19.4 Å². The third-order valence-corrected chi connectivity index (χ3v) is 3.23. The predicted molar refractivity (Wildman–Crippen MR) is 80.7 cm³/mol. The van der Waals surface area contributed by atoms with Crippen LogP contribution < -0.4 is 5.56 Å². The lowest BCUT2D eigenvalue weighted by molar-refractivity contribution is 0.514. The Hall–Kier alpha value is -2.05. The normalized spacial score (nSPS) is 10.6. The summed E-state index contributed by atoms with van der Waals surface area (Å²) in [5.41, 5.74) is 1.65. The largest absolute Gasteiger partial charge is 0.307 e. The SMILES string of the molecule is CC(C)Cn1c(-c2ccc(Cl)cc2)ccc(C#N)c1=O. The summed E-state index contributed by atoms with van der Waals surface area (Å²) in [7, 11) is 0. The first kappa shape index (κ1) is 14.4. The second-order valence-corrected chi connectivity index (χ2v) is 5.50. The third kappa shape index (κ3) is 2.92. The van der Waals surface area contributed by atoms with Crippen LogP contribution in [0.3, 0.4) is 0 Å². The molecule has 0 unspecified atom stereocenters. The van der Waals surface area contributed by atoms with E-state index in [1.807, 2.05) is 38.1 Å². The van der Waals surface area contributed by atoms with Crippen molar-refractivity contribution in [3.05, 3.63) is 57.3 Å². The van der Waals surface area contributed by atoms with Crippen LogP contribution in [0.15, 0.2) is 41.2 Å². The second-order valence-electron chi connectivity index (χ2n) is 5.06. The molecule has 0 bridgehead atoms. The van der Waals surface area contributed by atoms with E-state index in [0.29, 0.717) is 17.5 Å². The van der Waals surface area contributed by atoms with Gasteiger partial charge in [-0.25, -0.2) is 0 Å². The van der Waals surface area contributed by atoms with E-state index < -0.39 is 0 Å². The molecular weight excluding hydrogens is 272 g/mol. The average Bonchev–Trinajstić information content (AvgIpc) is 2.42. The van der Waals surface area contributed by atoms with Crippen LogP contribution in [0.5, 0.6) is 0 Å². The smallest absolute Gasteiger partial charge is 0.268 e. The topological polar surface area (TPSA) is 45.8 Å². The highest BCUT2D eigenvalue weighted by Crippen LogP contribution is 2.21. The summed E-state index contributed by atoms with van der Waals surface area (Å²) in [6, 6.07) is 12.7. The summed E-state index contributed by atoms with van der Waals surface area (Å²) in [4.78, 5) is 12.3. The zero-order valence-corrected chi connectivity index (χ0v) is 12.2. The predicted octanol–water partition coefficient (Wildman–Crippen LogP) is 3.70. The number of pyridine rings is 1. The molecule has 2 aromatic rings. The summed E-state index contributed by atoms with van der Waals surface area (Å²) >= 11 is 5.89. The Balaban J connectivity index is 2.64. The molecule has 1 aromatic heterocycles. The van der Waals surface area contributed by atoms with Crippen molar-refractivity contribution in [2.45, 2.75) is 20.4 Å². The van der Waals surface area contributed by atoms with E-state index in [-0.39, 0.29) is 11.1 Å². The number of benzene rings is 1. The number of aromatic nitrogens is 1. The third-order valence-electron chi connectivity index (χ3n) is 2.98. The first-order valence-corrected chi connectivity index (χ1v) is 6.80. The van der Waals surface area contributed by atoms with Crippen LogP contribution in [0.25, 0.3) is 11.3 Å². The maximum absolute atomic E-state index is 12.3. The van der Waals surface area contributed by atoms with Gasteiger partial charge < -0.3 is 4.57 Å². The quantitative estimate of drug-likeness (QED) is 0.864. The number of rotatable bonds is 3. The van der Waals surface area contributed by atoms with Crippen molar-refractivity contribution < 1.29 is 0 Å². The minimum absolute atomic E-state index is 0.170. The van der Waals surface area contributed by atoms with Crippen LogP contribution in [0.2, 0.25) is 5.02 Å². The Morgan fingerprint density at radius 2 is 1.85 bits per heavy atom. The van der Waals surface area contributed by atoms with Crippen LogP contribution >= 0.6 is 11.6 Å². The second kappa shape index (κ2) is 5.94. The summed E-state index contributed by atoms with van der Waals surface area (Å²) in [6.45, 7) is 4.65. The summed E-state index contributed by atoms with van der Waals surface area (Å²) in [5, 5.41) is 9.65. The van der Waals surface area contributed by atoms with E-state index in [1.54, 1.807) is 22.8 Å². The van der Waals surface area contributed by atoms with Gasteiger partial charge in [0.2, 0.25) is 0 Å². The highest BCUT2D eigenvalue weighted by Gasteiger charge is 2.11. The maximum Gasteiger partial charge on any atom is 0.268 e. The van der Waals surface area contributed by atoms with E-state index in [9.17, 15) is 4.79 Å². The Morgan fingerprint density at radius 3 is 2.40 bits per heavy atom. The van der Waals surface area contributed by atoms with Crippen molar-refractivity contribution >= 4 is 11.6 Å². The van der Waals surface area contributed by atoms with Gasteiger partial charge in [-0.2, -0.15) is 5.26 Å². The van der Waals surface area contributed by atoms with Gasteiger partial charge in [0, 0.05) is 11.6 Å². The molecule has 0 saturated heterocycles. The number of nitrogens with zero attached hydrogens (tertiary/aromatic N) is 2. The molecule has 0 aliphatic carbocycles. The fourth-order valence-electron chi connectivity index (χ4n) is 2.08. The fraction of sp³-hybridized carbons (Fsp3) is 0.250. The molecule has 0 aliphatic rings. The monoisotopic (exact) mass is 286 g/mol. The first-order chi connectivity index (χ1) is 9.52. The van der Waals surface area contributed by atoms with Gasteiger partial charge in [0.1, 0.15) is 11.6 Å². The molecule has 0 fully saturated rings. The molecule has 0 saturated carbocycles. The van der Waals surface area contributed by atoms with Crippen molar-refractivity contribution in [1.29, 1.82) is 5.26 Å². The molecule has 20 heavy (non-hydrogen) atoms. The molecule has 2 rings (SSSR count). The van der Waals surface area contributed by atoms with Crippen LogP contribution in [-0.4, -0.2) is 4.57 Å². The average molecular weight is 287 g/mol. The molecule has 1 aromatic carbocycles. The van der Waals surface area contributed by atoms with Gasteiger partial charge in [-0.05, 0) is 35.7 Å². The molecule has 0 atom stereocenters. The lowest BCUT2D eigenvalue weighted by Crippen LogP contribution is -2.26. The minimum Gasteiger partial charge on any atom is -0.307 e. The van der Waals surface area contributed by atoms with E-state index >= 15 is 0 Å². The Labute approximate surface area is 123 Å². The molecule has 3 nitrogen and oxygen atoms in total. The summed E-state index contributed by atoms with van der Waals surface area (Å²) in [5.74, 6) is 0.313. The fourth-order valence-corrected chi connectivity index (χ4v) is 2.21. The lowest BCUT2D eigenvalue weighted by atomic mass is 10.1. The van der Waals surface area contributed by atoms with Gasteiger partial charge in [0.05, 0.1) is 5.69 Å². The van der Waals surface area contributed by atoms with Crippen LogP contribution in [-0.2, 0) is 6.54 Å². The van der Waals surface area contributed by atoms with E-state index in [0.717, 1.165) is 11.3 Å². The minimum atomic E-state index is -0.242. The van der Waals surface area contributed by atoms with Gasteiger partial charge in [-0.3, -0.25) is 4.79 Å². The van der Waals surface area contributed by atoms with Crippen molar-refractivity contribution in [1.82, 2.24) is 4.57 Å². The van der Waals surface area contributed by atoms with Gasteiger partial charge in [-0.1, -0.05) is 37.6 Å². The standard InChI is InChI=1S/C16H15ClN2O/c1-11(2)10-19-15(8-5-13(9-18)16(19)20)12-3-6-14(17)7-4-12/h3-8,11H,10H2,1-2H3. The highest BCUT2D eigenvalue weighted by atomic mass is 35.5. The molecule has 1 heterocycles. The molecular formula is C16H15ClN2O. The van der Waals surface area contributed by atoms with Gasteiger partial charge in [-0.15, -0.1) is 0 Å². The van der Waals surface area contributed by atoms with Gasteiger partial charge >= 0.3 is 0 Å². The molecule has 4 heteroatoms. The van der Waals surface area contributed by atoms with E-state index in [2.05, 4.69) is 0 Å². The van der Waals surface area contributed by atoms with Gasteiger partial charge in [0.25, 0.3) is 5.56 Å². The number of nitriles is 1. The maximum atomic E-state index is 12.3. The molecule has 102 valence electrons. The number of hydrogen-bond acceptors (Lipinski definition) is 2. The van der Waals surface area contributed by atoms with Crippen molar-refractivity contribution in [3.8, 4) is 17.3 Å². The van der Waals surface area contributed by atoms with Crippen molar-refractivity contribution in [2.75, 3.05) is 0 Å². The van der Waals surface area contributed by atoms with Crippen LogP contribution in [0.4, 0.5) is 0 Å². The van der Waals surface area contributed by atoms with Crippen LogP contribution in [0, 0.1) is 17.2 Å². The molecule has 0 spiro atoms.